The van der Waals surface area contributed by atoms with Crippen LogP contribution in [0.1, 0.15) is 24.3 Å². The van der Waals surface area contributed by atoms with E-state index in [1.165, 1.54) is 10.9 Å². The number of aromatic carboxylic acids is 1. The van der Waals surface area contributed by atoms with Crippen molar-refractivity contribution in [2.45, 2.75) is 26.4 Å². The van der Waals surface area contributed by atoms with E-state index in [1.54, 1.807) is 0 Å². The van der Waals surface area contributed by atoms with E-state index in [1.807, 2.05) is 13.8 Å². The van der Waals surface area contributed by atoms with Crippen LogP contribution in [-0.4, -0.2) is 38.7 Å². The number of nitrogens with one attached hydrogen (secondary N) is 1. The van der Waals surface area contributed by atoms with Crippen molar-refractivity contribution in [2.75, 3.05) is 6.54 Å². The minimum atomic E-state index is -1.05. The van der Waals surface area contributed by atoms with Gasteiger partial charge in [0.2, 0.25) is 0 Å². The number of aromatic nitrogens is 3. The first-order valence-corrected chi connectivity index (χ1v) is 4.46. The largest absolute Gasteiger partial charge is 0.476 e. The fraction of sp³-hybridized carbons (Fsp3) is 0.625. The molecule has 0 fully saturated rings. The molecule has 1 aromatic rings. The molecular weight excluding hydrogens is 184 g/mol. The van der Waals surface area contributed by atoms with Crippen LogP contribution in [0.25, 0.3) is 0 Å². The number of rotatable bonds is 5. The number of carboxylic acids is 1. The van der Waals surface area contributed by atoms with Crippen molar-refractivity contribution in [1.82, 2.24) is 20.3 Å². The standard InChI is InChI=1S/C8H14N4O2/c1-6(2)9-3-4-12-5-7(8(13)14)10-11-12/h5-6,9H,3-4H2,1-2H3,(H,13,14). The van der Waals surface area contributed by atoms with Gasteiger partial charge in [0.05, 0.1) is 12.7 Å². The van der Waals surface area contributed by atoms with Crippen LogP contribution in [0.15, 0.2) is 6.20 Å². The Hall–Kier alpha value is -1.43. The van der Waals surface area contributed by atoms with Crippen LogP contribution in [-0.2, 0) is 6.54 Å². The summed E-state index contributed by atoms with van der Waals surface area (Å²) in [6.07, 6.45) is 1.42. The van der Waals surface area contributed by atoms with Crippen LogP contribution in [0.2, 0.25) is 0 Å². The van der Waals surface area contributed by atoms with Crippen molar-refractivity contribution in [3.63, 3.8) is 0 Å². The summed E-state index contributed by atoms with van der Waals surface area (Å²) in [6.45, 7) is 5.46. The van der Waals surface area contributed by atoms with Gasteiger partial charge in [0.25, 0.3) is 0 Å². The molecule has 78 valence electrons. The van der Waals surface area contributed by atoms with Gasteiger partial charge in [-0.05, 0) is 0 Å². The first-order chi connectivity index (χ1) is 6.59. The zero-order valence-corrected chi connectivity index (χ0v) is 8.27. The molecule has 0 aromatic carbocycles. The number of carboxylic acid groups (broad SMARTS) is 1. The average Bonchev–Trinajstić information content (AvgIpc) is 2.52. The lowest BCUT2D eigenvalue weighted by atomic mass is 10.4. The van der Waals surface area contributed by atoms with Gasteiger partial charge < -0.3 is 10.4 Å². The quantitative estimate of drug-likeness (QED) is 0.694. The number of hydrogen-bond acceptors (Lipinski definition) is 4. The molecule has 1 rings (SSSR count). The molecule has 0 aliphatic carbocycles. The van der Waals surface area contributed by atoms with Gasteiger partial charge in [0.15, 0.2) is 5.69 Å². The van der Waals surface area contributed by atoms with E-state index in [9.17, 15) is 4.79 Å². The molecule has 0 aliphatic rings. The summed E-state index contributed by atoms with van der Waals surface area (Å²) in [6, 6.07) is 0.414. The third-order valence-electron chi connectivity index (χ3n) is 1.65. The molecule has 0 unspecified atom stereocenters. The molecule has 6 heteroatoms. The summed E-state index contributed by atoms with van der Waals surface area (Å²) in [7, 11) is 0. The second kappa shape index (κ2) is 4.71. The van der Waals surface area contributed by atoms with Crippen LogP contribution >= 0.6 is 0 Å². The minimum Gasteiger partial charge on any atom is -0.476 e. The Morgan fingerprint density at radius 1 is 1.71 bits per heavy atom. The Bertz CT molecular complexity index is 308. The van der Waals surface area contributed by atoms with Crippen LogP contribution in [0, 0.1) is 0 Å². The van der Waals surface area contributed by atoms with Crippen molar-refractivity contribution in [1.29, 1.82) is 0 Å². The highest BCUT2D eigenvalue weighted by molar-refractivity contribution is 5.84. The molecule has 2 N–H and O–H groups in total. The van der Waals surface area contributed by atoms with E-state index in [4.69, 9.17) is 5.11 Å². The summed E-state index contributed by atoms with van der Waals surface area (Å²) in [4.78, 5) is 10.5. The Kier molecular flexibility index (Phi) is 3.58. The predicted molar refractivity (Wildman–Crippen MR) is 50.1 cm³/mol. The Morgan fingerprint density at radius 2 is 2.43 bits per heavy atom. The smallest absolute Gasteiger partial charge is 0.358 e. The van der Waals surface area contributed by atoms with Crippen LogP contribution < -0.4 is 5.32 Å². The molecule has 0 radical (unpaired) electrons. The van der Waals surface area contributed by atoms with E-state index in [-0.39, 0.29) is 5.69 Å². The van der Waals surface area contributed by atoms with Gasteiger partial charge in [-0.2, -0.15) is 0 Å². The zero-order valence-electron chi connectivity index (χ0n) is 8.27. The van der Waals surface area contributed by atoms with Crippen LogP contribution in [0.3, 0.4) is 0 Å². The van der Waals surface area contributed by atoms with Crippen molar-refractivity contribution in [3.8, 4) is 0 Å². The minimum absolute atomic E-state index is 0.0189. The normalized spacial score (nSPS) is 10.8. The molecule has 6 nitrogen and oxygen atoms in total. The summed E-state index contributed by atoms with van der Waals surface area (Å²) < 4.78 is 1.51. The van der Waals surface area contributed by atoms with Crippen LogP contribution in [0.5, 0.6) is 0 Å². The first-order valence-electron chi connectivity index (χ1n) is 4.46. The van der Waals surface area contributed by atoms with E-state index in [2.05, 4.69) is 15.6 Å². The van der Waals surface area contributed by atoms with Gasteiger partial charge in [-0.1, -0.05) is 19.1 Å². The SMILES string of the molecule is CC(C)NCCn1cc(C(=O)O)nn1. The molecular formula is C8H14N4O2. The third-order valence-corrected chi connectivity index (χ3v) is 1.65. The molecule has 0 saturated heterocycles. The molecule has 14 heavy (non-hydrogen) atoms. The fourth-order valence-electron chi connectivity index (χ4n) is 0.973. The van der Waals surface area contributed by atoms with E-state index in [0.717, 1.165) is 6.54 Å². The van der Waals surface area contributed by atoms with Crippen molar-refractivity contribution in [2.24, 2.45) is 0 Å². The summed E-state index contributed by atoms with van der Waals surface area (Å²) in [5, 5.41) is 19.0. The topological polar surface area (TPSA) is 80.0 Å². The van der Waals surface area contributed by atoms with E-state index >= 15 is 0 Å². The summed E-state index contributed by atoms with van der Waals surface area (Å²) in [5.74, 6) is -1.05. The molecule has 0 bridgehead atoms. The van der Waals surface area contributed by atoms with Gasteiger partial charge in [0, 0.05) is 12.6 Å². The molecule has 0 amide bonds. The van der Waals surface area contributed by atoms with Gasteiger partial charge in [0.1, 0.15) is 0 Å². The summed E-state index contributed by atoms with van der Waals surface area (Å²) in [5.41, 5.74) is -0.0189. The molecule has 1 aromatic heterocycles. The lowest BCUT2D eigenvalue weighted by Gasteiger charge is -2.06. The Morgan fingerprint density at radius 3 is 2.93 bits per heavy atom. The predicted octanol–water partition coefficient (Wildman–Crippen LogP) is -0.0257. The van der Waals surface area contributed by atoms with Crippen molar-refractivity contribution >= 4 is 5.97 Å². The van der Waals surface area contributed by atoms with Crippen molar-refractivity contribution in [3.05, 3.63) is 11.9 Å². The molecule has 1 heterocycles. The molecule has 0 atom stereocenters. The lowest BCUT2D eigenvalue weighted by molar-refractivity contribution is 0.0690. The molecule has 0 saturated carbocycles. The van der Waals surface area contributed by atoms with E-state index < -0.39 is 5.97 Å². The van der Waals surface area contributed by atoms with Gasteiger partial charge >= 0.3 is 5.97 Å². The maximum Gasteiger partial charge on any atom is 0.358 e. The highest BCUT2D eigenvalue weighted by Crippen LogP contribution is 1.91. The van der Waals surface area contributed by atoms with Gasteiger partial charge in [-0.3, -0.25) is 4.68 Å². The number of nitrogens with zero attached hydrogens (tertiary/aromatic N) is 3. The highest BCUT2D eigenvalue weighted by Gasteiger charge is 2.07. The molecule has 0 spiro atoms. The average molecular weight is 198 g/mol. The fourth-order valence-corrected chi connectivity index (χ4v) is 0.973. The second-order valence-corrected chi connectivity index (χ2v) is 3.28. The zero-order chi connectivity index (χ0) is 10.6. The van der Waals surface area contributed by atoms with Crippen molar-refractivity contribution < 1.29 is 9.90 Å². The monoisotopic (exact) mass is 198 g/mol. The number of carbonyl (C=O) groups is 1. The van der Waals surface area contributed by atoms with Gasteiger partial charge in [-0.15, -0.1) is 5.10 Å². The highest BCUT2D eigenvalue weighted by atomic mass is 16.4. The second-order valence-electron chi connectivity index (χ2n) is 3.28. The molecule has 0 aliphatic heterocycles. The Labute approximate surface area is 81.9 Å². The lowest BCUT2D eigenvalue weighted by Crippen LogP contribution is -2.26. The van der Waals surface area contributed by atoms with E-state index in [0.29, 0.717) is 12.6 Å². The first kappa shape index (κ1) is 10.6. The Balaban J connectivity index is 2.40. The van der Waals surface area contributed by atoms with Crippen LogP contribution in [0.4, 0.5) is 0 Å². The maximum absolute atomic E-state index is 10.5. The summed E-state index contributed by atoms with van der Waals surface area (Å²) >= 11 is 0. The maximum atomic E-state index is 10.5. The third kappa shape index (κ3) is 3.14. The number of hydrogen-bond donors (Lipinski definition) is 2. The van der Waals surface area contributed by atoms with Gasteiger partial charge in [-0.25, -0.2) is 4.79 Å².